The van der Waals surface area contributed by atoms with Gasteiger partial charge in [-0.1, -0.05) is 6.07 Å². The van der Waals surface area contributed by atoms with E-state index in [4.69, 9.17) is 4.74 Å². The van der Waals surface area contributed by atoms with Gasteiger partial charge in [-0.2, -0.15) is 0 Å². The molecule has 1 heterocycles. The van der Waals surface area contributed by atoms with Gasteiger partial charge in [0.15, 0.2) is 6.61 Å². The van der Waals surface area contributed by atoms with Crippen molar-refractivity contribution in [1.29, 1.82) is 0 Å². The molecular formula is C10H12N2O4S. The van der Waals surface area contributed by atoms with Crippen LogP contribution < -0.4 is 10.6 Å². The van der Waals surface area contributed by atoms with Gasteiger partial charge in [0.25, 0.3) is 5.91 Å². The molecule has 1 aromatic heterocycles. The molecule has 1 rings (SSSR count). The van der Waals surface area contributed by atoms with Gasteiger partial charge < -0.3 is 10.1 Å². The van der Waals surface area contributed by atoms with E-state index in [-0.39, 0.29) is 6.42 Å². The Labute approximate surface area is 102 Å². The van der Waals surface area contributed by atoms with Crippen molar-refractivity contribution in [3.8, 4) is 0 Å². The molecule has 0 saturated heterocycles. The molecule has 0 aliphatic rings. The quantitative estimate of drug-likeness (QED) is 0.758. The molecule has 0 aromatic carbocycles. The molecule has 0 atom stereocenters. The lowest BCUT2D eigenvalue weighted by molar-refractivity contribution is -0.147. The fraction of sp³-hybridized carbons (Fsp3) is 0.300. The van der Waals surface area contributed by atoms with Crippen LogP contribution in [0.15, 0.2) is 17.5 Å². The number of imide groups is 1. The third kappa shape index (κ3) is 5.12. The largest absolute Gasteiger partial charge is 0.455 e. The van der Waals surface area contributed by atoms with Crippen molar-refractivity contribution in [2.45, 2.75) is 6.42 Å². The van der Waals surface area contributed by atoms with Crippen molar-refractivity contribution in [3.05, 3.63) is 22.4 Å². The van der Waals surface area contributed by atoms with Gasteiger partial charge in [-0.05, 0) is 11.4 Å². The Hall–Kier alpha value is -1.89. The Balaban J connectivity index is 2.24. The van der Waals surface area contributed by atoms with Gasteiger partial charge in [-0.15, -0.1) is 11.3 Å². The summed E-state index contributed by atoms with van der Waals surface area (Å²) in [4.78, 5) is 34.0. The zero-order valence-corrected chi connectivity index (χ0v) is 10.0. The molecule has 0 radical (unpaired) electrons. The van der Waals surface area contributed by atoms with Gasteiger partial charge in [-0.3, -0.25) is 14.9 Å². The van der Waals surface area contributed by atoms with Crippen molar-refractivity contribution in [3.63, 3.8) is 0 Å². The second kappa shape index (κ2) is 6.64. The van der Waals surface area contributed by atoms with Crippen molar-refractivity contribution in [2.75, 3.05) is 13.7 Å². The summed E-state index contributed by atoms with van der Waals surface area (Å²) in [5.74, 6) is -1.16. The first-order valence-corrected chi connectivity index (χ1v) is 5.69. The van der Waals surface area contributed by atoms with Crippen molar-refractivity contribution >= 4 is 29.2 Å². The summed E-state index contributed by atoms with van der Waals surface area (Å²) in [5, 5.41) is 6.04. The number of ether oxygens (including phenoxy) is 1. The molecule has 0 spiro atoms. The maximum atomic E-state index is 11.3. The molecule has 0 unspecified atom stereocenters. The van der Waals surface area contributed by atoms with Crippen LogP contribution in [0.4, 0.5) is 4.79 Å². The van der Waals surface area contributed by atoms with E-state index >= 15 is 0 Å². The van der Waals surface area contributed by atoms with Crippen LogP contribution in [0.2, 0.25) is 0 Å². The summed E-state index contributed by atoms with van der Waals surface area (Å²) in [5.41, 5.74) is 0. The van der Waals surface area contributed by atoms with Crippen LogP contribution in [0.1, 0.15) is 4.88 Å². The first-order valence-electron chi connectivity index (χ1n) is 4.81. The molecule has 0 aliphatic carbocycles. The molecule has 2 N–H and O–H groups in total. The molecule has 6 nitrogen and oxygen atoms in total. The lowest BCUT2D eigenvalue weighted by Gasteiger charge is -2.04. The molecule has 92 valence electrons. The summed E-state index contributed by atoms with van der Waals surface area (Å²) < 4.78 is 4.70. The van der Waals surface area contributed by atoms with Gasteiger partial charge in [0, 0.05) is 11.9 Å². The number of esters is 1. The SMILES string of the molecule is CNC(=O)NC(=O)COC(=O)Cc1cccs1. The summed E-state index contributed by atoms with van der Waals surface area (Å²) in [6.45, 7) is -0.461. The molecule has 17 heavy (non-hydrogen) atoms. The Kier molecular flexibility index (Phi) is 5.15. The summed E-state index contributed by atoms with van der Waals surface area (Å²) in [6.07, 6.45) is 0.130. The molecule has 0 fully saturated rings. The van der Waals surface area contributed by atoms with Gasteiger partial charge in [0.05, 0.1) is 6.42 Å². The highest BCUT2D eigenvalue weighted by atomic mass is 32.1. The smallest absolute Gasteiger partial charge is 0.321 e. The average molecular weight is 256 g/mol. The van der Waals surface area contributed by atoms with E-state index in [1.165, 1.54) is 18.4 Å². The van der Waals surface area contributed by atoms with E-state index in [0.29, 0.717) is 0 Å². The first kappa shape index (κ1) is 13.2. The third-order valence-corrected chi connectivity index (χ3v) is 2.62. The van der Waals surface area contributed by atoms with Gasteiger partial charge in [0.2, 0.25) is 0 Å². The van der Waals surface area contributed by atoms with Gasteiger partial charge >= 0.3 is 12.0 Å². The maximum Gasteiger partial charge on any atom is 0.321 e. The van der Waals surface area contributed by atoms with E-state index in [1.54, 1.807) is 6.07 Å². The number of hydrogen-bond donors (Lipinski definition) is 2. The van der Waals surface area contributed by atoms with Crippen LogP contribution in [0.5, 0.6) is 0 Å². The summed E-state index contributed by atoms with van der Waals surface area (Å²) >= 11 is 1.43. The number of urea groups is 1. The average Bonchev–Trinajstić information content (AvgIpc) is 2.79. The molecular weight excluding hydrogens is 244 g/mol. The highest BCUT2D eigenvalue weighted by Gasteiger charge is 2.10. The molecule has 0 saturated carbocycles. The molecule has 1 aromatic rings. The lowest BCUT2D eigenvalue weighted by atomic mass is 10.3. The lowest BCUT2D eigenvalue weighted by Crippen LogP contribution is -2.39. The van der Waals surface area contributed by atoms with E-state index in [1.807, 2.05) is 16.8 Å². The zero-order valence-electron chi connectivity index (χ0n) is 9.19. The molecule has 0 bridgehead atoms. The third-order valence-electron chi connectivity index (χ3n) is 1.74. The van der Waals surface area contributed by atoms with E-state index in [0.717, 1.165) is 4.88 Å². The van der Waals surface area contributed by atoms with Crippen LogP contribution in [-0.4, -0.2) is 31.6 Å². The van der Waals surface area contributed by atoms with Crippen molar-refractivity contribution in [2.24, 2.45) is 0 Å². The number of carbonyl (C=O) groups is 3. The number of carbonyl (C=O) groups excluding carboxylic acids is 3. The predicted octanol–water partition coefficient (Wildman–Crippen LogP) is 0.289. The topological polar surface area (TPSA) is 84.5 Å². The molecule has 3 amide bonds. The number of hydrogen-bond acceptors (Lipinski definition) is 5. The number of rotatable bonds is 4. The van der Waals surface area contributed by atoms with Crippen molar-refractivity contribution in [1.82, 2.24) is 10.6 Å². The van der Waals surface area contributed by atoms with Gasteiger partial charge in [-0.25, -0.2) is 4.79 Å². The zero-order chi connectivity index (χ0) is 12.7. The number of thiophene rings is 1. The van der Waals surface area contributed by atoms with E-state index in [9.17, 15) is 14.4 Å². The minimum absolute atomic E-state index is 0.130. The standard InChI is InChI=1S/C10H12N2O4S/c1-11-10(15)12-8(13)6-16-9(14)5-7-3-2-4-17-7/h2-4H,5-6H2,1H3,(H2,11,12,13,15). The Morgan fingerprint density at radius 3 is 2.76 bits per heavy atom. The monoisotopic (exact) mass is 256 g/mol. The Morgan fingerprint density at radius 1 is 1.41 bits per heavy atom. The van der Waals surface area contributed by atoms with E-state index < -0.39 is 24.5 Å². The fourth-order valence-electron chi connectivity index (χ4n) is 0.978. The van der Waals surface area contributed by atoms with Crippen LogP contribution >= 0.6 is 11.3 Å². The van der Waals surface area contributed by atoms with Crippen LogP contribution in [0.3, 0.4) is 0 Å². The van der Waals surface area contributed by atoms with Gasteiger partial charge in [0.1, 0.15) is 0 Å². The minimum Gasteiger partial charge on any atom is -0.455 e. The maximum absolute atomic E-state index is 11.3. The predicted molar refractivity (Wildman–Crippen MR) is 61.6 cm³/mol. The second-order valence-electron chi connectivity index (χ2n) is 3.04. The normalized spacial score (nSPS) is 9.47. The summed E-state index contributed by atoms with van der Waals surface area (Å²) in [7, 11) is 1.38. The highest BCUT2D eigenvalue weighted by Crippen LogP contribution is 2.09. The van der Waals surface area contributed by atoms with Crippen LogP contribution in [0.25, 0.3) is 0 Å². The molecule has 0 aliphatic heterocycles. The van der Waals surface area contributed by atoms with Crippen LogP contribution in [0, 0.1) is 0 Å². The van der Waals surface area contributed by atoms with E-state index in [2.05, 4.69) is 5.32 Å². The number of amides is 3. The van der Waals surface area contributed by atoms with Crippen LogP contribution in [-0.2, 0) is 20.7 Å². The second-order valence-corrected chi connectivity index (χ2v) is 4.08. The Bertz CT molecular complexity index is 402. The first-order chi connectivity index (χ1) is 8.11. The number of nitrogens with one attached hydrogen (secondary N) is 2. The summed E-state index contributed by atoms with van der Waals surface area (Å²) in [6, 6.07) is 2.99. The highest BCUT2D eigenvalue weighted by molar-refractivity contribution is 7.10. The van der Waals surface area contributed by atoms with Crippen molar-refractivity contribution < 1.29 is 19.1 Å². The fourth-order valence-corrected chi connectivity index (χ4v) is 1.67. The minimum atomic E-state index is -0.663. The molecule has 7 heteroatoms. The Morgan fingerprint density at radius 2 is 2.18 bits per heavy atom.